The Kier molecular flexibility index (Phi) is 4.19. The molecule has 1 aromatic rings. The molecule has 0 bridgehead atoms. The van der Waals surface area contributed by atoms with Crippen LogP contribution in [0.1, 0.15) is 29.5 Å². The molecule has 2 N–H and O–H groups in total. The van der Waals surface area contributed by atoms with Crippen molar-refractivity contribution in [3.8, 4) is 5.75 Å². The predicted octanol–water partition coefficient (Wildman–Crippen LogP) is 3.07. The van der Waals surface area contributed by atoms with E-state index in [9.17, 15) is 9.90 Å². The first-order valence-electron chi connectivity index (χ1n) is 5.12. The third-order valence-electron chi connectivity index (χ3n) is 2.57. The number of hydrogen-bond acceptors (Lipinski definition) is 2. The molecule has 0 radical (unpaired) electrons. The second kappa shape index (κ2) is 5.21. The maximum Gasteiger partial charge on any atom is 0.303 e. The van der Waals surface area contributed by atoms with E-state index < -0.39 is 5.97 Å². The van der Waals surface area contributed by atoms with Gasteiger partial charge in [0.1, 0.15) is 5.75 Å². The van der Waals surface area contributed by atoms with Gasteiger partial charge in [-0.15, -0.1) is 0 Å². The largest absolute Gasteiger partial charge is 0.506 e. The zero-order valence-electron chi connectivity index (χ0n) is 9.38. The maximum atomic E-state index is 10.4. The highest BCUT2D eigenvalue weighted by Gasteiger charge is 2.12. The van der Waals surface area contributed by atoms with Crippen LogP contribution in [0.25, 0.3) is 0 Å². The number of aliphatic carboxylic acids is 1. The lowest BCUT2D eigenvalue weighted by Gasteiger charge is -2.11. The van der Waals surface area contributed by atoms with Gasteiger partial charge < -0.3 is 10.2 Å². The number of benzene rings is 1. The highest BCUT2D eigenvalue weighted by atomic mass is 35.5. The summed E-state index contributed by atoms with van der Waals surface area (Å²) in [4.78, 5) is 10.4. The van der Waals surface area contributed by atoms with Crippen molar-refractivity contribution in [2.24, 2.45) is 0 Å². The van der Waals surface area contributed by atoms with Gasteiger partial charge in [-0.3, -0.25) is 4.79 Å². The topological polar surface area (TPSA) is 57.5 Å². The Morgan fingerprint density at radius 3 is 2.56 bits per heavy atom. The number of phenols is 1. The molecular formula is C12H15ClO3. The number of phenolic OH excluding ortho intramolecular Hbond substituents is 1. The molecule has 0 aliphatic carbocycles. The number of rotatable bonds is 4. The van der Waals surface area contributed by atoms with Crippen LogP contribution in [-0.2, 0) is 11.2 Å². The molecule has 0 saturated carbocycles. The second-order valence-electron chi connectivity index (χ2n) is 3.90. The first kappa shape index (κ1) is 12.8. The van der Waals surface area contributed by atoms with E-state index in [0.717, 1.165) is 16.7 Å². The molecule has 0 spiro atoms. The SMILES string of the molecule is Cc1cc(C)c(CCCC(=O)O)c(O)c1Cl. The van der Waals surface area contributed by atoms with E-state index in [-0.39, 0.29) is 12.2 Å². The number of carboxylic acid groups (broad SMARTS) is 1. The van der Waals surface area contributed by atoms with E-state index in [2.05, 4.69) is 0 Å². The molecule has 0 unspecified atom stereocenters. The Morgan fingerprint density at radius 2 is 2.00 bits per heavy atom. The Hall–Kier alpha value is -1.22. The predicted molar refractivity (Wildman–Crippen MR) is 63.2 cm³/mol. The van der Waals surface area contributed by atoms with E-state index in [1.54, 1.807) is 0 Å². The second-order valence-corrected chi connectivity index (χ2v) is 4.28. The van der Waals surface area contributed by atoms with Crippen LogP contribution in [0.3, 0.4) is 0 Å². The minimum absolute atomic E-state index is 0.0876. The third kappa shape index (κ3) is 2.89. The highest BCUT2D eigenvalue weighted by Crippen LogP contribution is 2.34. The molecule has 0 aromatic heterocycles. The molecular weight excluding hydrogens is 228 g/mol. The van der Waals surface area contributed by atoms with Crippen LogP contribution in [0.5, 0.6) is 5.75 Å². The molecule has 0 aliphatic heterocycles. The molecule has 0 fully saturated rings. The summed E-state index contributed by atoms with van der Waals surface area (Å²) in [5.41, 5.74) is 2.53. The van der Waals surface area contributed by atoms with Gasteiger partial charge in [0.05, 0.1) is 5.02 Å². The van der Waals surface area contributed by atoms with Crippen molar-refractivity contribution in [3.05, 3.63) is 27.8 Å². The van der Waals surface area contributed by atoms with Gasteiger partial charge in [0.15, 0.2) is 0 Å². The lowest BCUT2D eigenvalue weighted by Crippen LogP contribution is -1.98. The average molecular weight is 243 g/mol. The maximum absolute atomic E-state index is 10.4. The van der Waals surface area contributed by atoms with Gasteiger partial charge in [0, 0.05) is 6.42 Å². The minimum Gasteiger partial charge on any atom is -0.506 e. The molecule has 1 rings (SSSR count). The number of carboxylic acids is 1. The van der Waals surface area contributed by atoms with Crippen LogP contribution in [0, 0.1) is 13.8 Å². The number of aryl methyl sites for hydroxylation is 2. The van der Waals surface area contributed by atoms with E-state index in [0.29, 0.717) is 17.9 Å². The molecule has 0 aliphatic rings. The Labute approximate surface area is 99.7 Å². The molecule has 0 atom stereocenters. The van der Waals surface area contributed by atoms with Crippen LogP contribution in [0.15, 0.2) is 6.07 Å². The molecule has 1 aromatic carbocycles. The first-order valence-corrected chi connectivity index (χ1v) is 5.50. The van der Waals surface area contributed by atoms with E-state index in [1.165, 1.54) is 0 Å². The number of aromatic hydroxyl groups is 1. The number of halogens is 1. The van der Waals surface area contributed by atoms with Gasteiger partial charge in [-0.2, -0.15) is 0 Å². The van der Waals surface area contributed by atoms with Crippen molar-refractivity contribution < 1.29 is 15.0 Å². The van der Waals surface area contributed by atoms with E-state index >= 15 is 0 Å². The number of carbonyl (C=O) groups is 1. The summed E-state index contributed by atoms with van der Waals surface area (Å²) >= 11 is 5.93. The van der Waals surface area contributed by atoms with Crippen LogP contribution in [0.2, 0.25) is 5.02 Å². The van der Waals surface area contributed by atoms with Crippen molar-refractivity contribution in [3.63, 3.8) is 0 Å². The summed E-state index contributed by atoms with van der Waals surface area (Å²) in [6, 6.07) is 1.90. The molecule has 0 heterocycles. The summed E-state index contributed by atoms with van der Waals surface area (Å²) < 4.78 is 0. The standard InChI is InChI=1S/C12H15ClO3/c1-7-6-8(2)11(13)12(16)9(7)4-3-5-10(14)15/h6,16H,3-5H2,1-2H3,(H,14,15). The molecule has 88 valence electrons. The van der Waals surface area contributed by atoms with Crippen LogP contribution >= 0.6 is 11.6 Å². The van der Waals surface area contributed by atoms with Crippen LogP contribution < -0.4 is 0 Å². The van der Waals surface area contributed by atoms with Gasteiger partial charge in [-0.1, -0.05) is 17.7 Å². The summed E-state index contributed by atoms with van der Waals surface area (Å²) in [7, 11) is 0. The summed E-state index contributed by atoms with van der Waals surface area (Å²) in [6.07, 6.45) is 1.14. The average Bonchev–Trinajstić information content (AvgIpc) is 2.19. The summed E-state index contributed by atoms with van der Waals surface area (Å²) in [5.74, 6) is -0.736. The van der Waals surface area contributed by atoms with Crippen molar-refractivity contribution in [1.82, 2.24) is 0 Å². The smallest absolute Gasteiger partial charge is 0.303 e. The molecule has 0 amide bonds. The van der Waals surface area contributed by atoms with E-state index in [1.807, 2.05) is 19.9 Å². The zero-order chi connectivity index (χ0) is 12.3. The minimum atomic E-state index is -0.824. The van der Waals surface area contributed by atoms with Crippen LogP contribution in [0.4, 0.5) is 0 Å². The van der Waals surface area contributed by atoms with Gasteiger partial charge in [0.2, 0.25) is 0 Å². The summed E-state index contributed by atoms with van der Waals surface area (Å²) in [6.45, 7) is 3.72. The Morgan fingerprint density at radius 1 is 1.38 bits per heavy atom. The fourth-order valence-corrected chi connectivity index (χ4v) is 1.88. The monoisotopic (exact) mass is 242 g/mol. The van der Waals surface area contributed by atoms with Crippen molar-refractivity contribution in [1.29, 1.82) is 0 Å². The quantitative estimate of drug-likeness (QED) is 0.853. The lowest BCUT2D eigenvalue weighted by atomic mass is 9.99. The normalized spacial score (nSPS) is 10.4. The Bertz CT molecular complexity index is 413. The zero-order valence-corrected chi connectivity index (χ0v) is 10.1. The fourth-order valence-electron chi connectivity index (χ4n) is 1.71. The lowest BCUT2D eigenvalue weighted by molar-refractivity contribution is -0.137. The van der Waals surface area contributed by atoms with Gasteiger partial charge in [-0.25, -0.2) is 0 Å². The third-order valence-corrected chi connectivity index (χ3v) is 3.04. The molecule has 4 heteroatoms. The summed E-state index contributed by atoms with van der Waals surface area (Å²) in [5, 5.41) is 18.7. The number of hydrogen-bond donors (Lipinski definition) is 2. The van der Waals surface area contributed by atoms with Crippen molar-refractivity contribution >= 4 is 17.6 Å². The molecule has 16 heavy (non-hydrogen) atoms. The van der Waals surface area contributed by atoms with Crippen molar-refractivity contribution in [2.75, 3.05) is 0 Å². The van der Waals surface area contributed by atoms with Gasteiger partial charge in [-0.05, 0) is 43.4 Å². The van der Waals surface area contributed by atoms with E-state index in [4.69, 9.17) is 16.7 Å². The molecule has 3 nitrogen and oxygen atoms in total. The first-order chi connectivity index (χ1) is 7.43. The van der Waals surface area contributed by atoms with Gasteiger partial charge >= 0.3 is 5.97 Å². The fraction of sp³-hybridized carbons (Fsp3) is 0.417. The van der Waals surface area contributed by atoms with Crippen LogP contribution in [-0.4, -0.2) is 16.2 Å². The van der Waals surface area contributed by atoms with Crippen molar-refractivity contribution in [2.45, 2.75) is 33.1 Å². The highest BCUT2D eigenvalue weighted by molar-refractivity contribution is 6.32. The Balaban J connectivity index is 2.87. The molecule has 0 saturated heterocycles. The van der Waals surface area contributed by atoms with Gasteiger partial charge in [0.25, 0.3) is 0 Å².